The highest BCUT2D eigenvalue weighted by Crippen LogP contribution is 2.39. The van der Waals surface area contributed by atoms with Crippen molar-refractivity contribution in [1.29, 1.82) is 0 Å². The van der Waals surface area contributed by atoms with Gasteiger partial charge < -0.3 is 10.2 Å². The molecule has 0 fully saturated rings. The summed E-state index contributed by atoms with van der Waals surface area (Å²) < 4.78 is 7.20. The molecular weight excluding hydrogens is 368 g/mol. The first-order valence-corrected chi connectivity index (χ1v) is 7.76. The van der Waals surface area contributed by atoms with E-state index in [0.717, 1.165) is 40.2 Å². The van der Waals surface area contributed by atoms with Crippen molar-refractivity contribution in [3.05, 3.63) is 25.8 Å². The van der Waals surface area contributed by atoms with E-state index in [1.807, 2.05) is 6.07 Å². The SMILES string of the molecule is NC1CCCc2nc(-c3cc(Br)c(Br)o3)sc21. The van der Waals surface area contributed by atoms with Crippen LogP contribution in [0.15, 0.2) is 19.6 Å². The number of hydrogen-bond acceptors (Lipinski definition) is 4. The van der Waals surface area contributed by atoms with Crippen molar-refractivity contribution in [2.45, 2.75) is 25.3 Å². The van der Waals surface area contributed by atoms with Crippen molar-refractivity contribution in [1.82, 2.24) is 4.98 Å². The van der Waals surface area contributed by atoms with Crippen LogP contribution in [0.2, 0.25) is 0 Å². The van der Waals surface area contributed by atoms with Crippen LogP contribution in [0.25, 0.3) is 10.8 Å². The lowest BCUT2D eigenvalue weighted by Crippen LogP contribution is -2.15. The maximum atomic E-state index is 6.09. The summed E-state index contributed by atoms with van der Waals surface area (Å²) in [5.41, 5.74) is 7.24. The number of aryl methyl sites for hydroxylation is 1. The first-order chi connectivity index (χ1) is 8.15. The molecule has 0 radical (unpaired) electrons. The van der Waals surface area contributed by atoms with Crippen LogP contribution in [0.4, 0.5) is 0 Å². The molecular formula is C11H10Br2N2OS. The second-order valence-electron chi connectivity index (χ2n) is 4.06. The van der Waals surface area contributed by atoms with Crippen LogP contribution >= 0.6 is 43.2 Å². The van der Waals surface area contributed by atoms with Crippen LogP contribution in [-0.4, -0.2) is 4.98 Å². The Morgan fingerprint density at radius 1 is 1.47 bits per heavy atom. The molecule has 2 aromatic rings. The number of hydrogen-bond donors (Lipinski definition) is 1. The van der Waals surface area contributed by atoms with Crippen LogP contribution < -0.4 is 5.73 Å². The predicted molar refractivity (Wildman–Crippen MR) is 75.1 cm³/mol. The Morgan fingerprint density at radius 3 is 2.94 bits per heavy atom. The number of aromatic nitrogens is 1. The van der Waals surface area contributed by atoms with E-state index in [-0.39, 0.29) is 6.04 Å². The van der Waals surface area contributed by atoms with Crippen LogP contribution in [0.3, 0.4) is 0 Å². The minimum absolute atomic E-state index is 0.145. The molecule has 0 saturated carbocycles. The molecule has 0 spiro atoms. The number of nitrogens with two attached hydrogens (primary N) is 1. The molecule has 17 heavy (non-hydrogen) atoms. The second kappa shape index (κ2) is 4.50. The average Bonchev–Trinajstić information content (AvgIpc) is 2.85. The third-order valence-electron chi connectivity index (χ3n) is 2.85. The Morgan fingerprint density at radius 2 is 2.29 bits per heavy atom. The molecule has 6 heteroatoms. The lowest BCUT2D eigenvalue weighted by atomic mass is 9.99. The molecule has 2 aromatic heterocycles. The molecule has 0 saturated heterocycles. The second-order valence-corrected chi connectivity index (χ2v) is 6.67. The highest BCUT2D eigenvalue weighted by Gasteiger charge is 2.23. The Kier molecular flexibility index (Phi) is 3.15. The lowest BCUT2D eigenvalue weighted by molar-refractivity contribution is 0.552. The van der Waals surface area contributed by atoms with Crippen LogP contribution in [0, 0.1) is 0 Å². The van der Waals surface area contributed by atoms with Gasteiger partial charge in [0.05, 0.1) is 10.2 Å². The number of furan rings is 1. The molecule has 0 bridgehead atoms. The van der Waals surface area contributed by atoms with Gasteiger partial charge in [-0.25, -0.2) is 4.98 Å². The Labute approximate surface area is 120 Å². The average molecular weight is 378 g/mol. The number of rotatable bonds is 1. The summed E-state index contributed by atoms with van der Waals surface area (Å²) in [6.45, 7) is 0. The fourth-order valence-corrected chi connectivity index (χ4v) is 3.69. The molecule has 2 heterocycles. The van der Waals surface area contributed by atoms with Gasteiger partial charge in [-0.2, -0.15) is 0 Å². The summed E-state index contributed by atoms with van der Waals surface area (Å²) in [5.74, 6) is 0.787. The van der Waals surface area contributed by atoms with Crippen molar-refractivity contribution >= 4 is 43.2 Å². The third-order valence-corrected chi connectivity index (χ3v) is 5.80. The van der Waals surface area contributed by atoms with E-state index in [4.69, 9.17) is 10.2 Å². The van der Waals surface area contributed by atoms with Gasteiger partial charge in [-0.3, -0.25) is 0 Å². The third kappa shape index (κ3) is 2.12. The lowest BCUT2D eigenvalue weighted by Gasteiger charge is -2.15. The zero-order valence-electron chi connectivity index (χ0n) is 8.87. The Bertz CT molecular complexity index is 544. The van der Waals surface area contributed by atoms with Gasteiger partial charge in [-0.1, -0.05) is 0 Å². The van der Waals surface area contributed by atoms with Gasteiger partial charge in [-0.15, -0.1) is 11.3 Å². The topological polar surface area (TPSA) is 52.0 Å². The van der Waals surface area contributed by atoms with E-state index < -0.39 is 0 Å². The summed E-state index contributed by atoms with van der Waals surface area (Å²) >= 11 is 8.39. The van der Waals surface area contributed by atoms with Crippen molar-refractivity contribution in [2.24, 2.45) is 5.73 Å². The fourth-order valence-electron chi connectivity index (χ4n) is 2.01. The zero-order chi connectivity index (χ0) is 12.0. The van der Waals surface area contributed by atoms with Gasteiger partial charge >= 0.3 is 0 Å². The molecule has 0 aromatic carbocycles. The molecule has 1 unspecified atom stereocenters. The summed E-state index contributed by atoms with van der Waals surface area (Å²) in [5, 5.41) is 0.916. The molecule has 90 valence electrons. The van der Waals surface area contributed by atoms with Gasteiger partial charge in [0, 0.05) is 17.0 Å². The maximum Gasteiger partial charge on any atom is 0.184 e. The molecule has 3 nitrogen and oxygen atoms in total. The summed E-state index contributed by atoms with van der Waals surface area (Å²) in [7, 11) is 0. The molecule has 1 atom stereocenters. The first kappa shape index (κ1) is 11.9. The van der Waals surface area contributed by atoms with E-state index in [1.165, 1.54) is 4.88 Å². The van der Waals surface area contributed by atoms with E-state index >= 15 is 0 Å². The van der Waals surface area contributed by atoms with Crippen molar-refractivity contribution < 1.29 is 4.42 Å². The van der Waals surface area contributed by atoms with E-state index in [9.17, 15) is 0 Å². The molecule has 0 amide bonds. The standard InChI is InChI=1S/C11H10Br2N2OS/c12-5-4-8(16-10(5)13)11-15-7-3-1-2-6(14)9(7)17-11/h4,6H,1-3,14H2. The van der Waals surface area contributed by atoms with Gasteiger partial charge in [0.15, 0.2) is 15.4 Å². The van der Waals surface area contributed by atoms with E-state index in [1.54, 1.807) is 11.3 Å². The van der Waals surface area contributed by atoms with Gasteiger partial charge in [0.25, 0.3) is 0 Å². The molecule has 1 aliphatic carbocycles. The van der Waals surface area contributed by atoms with Crippen LogP contribution in [0.1, 0.15) is 29.5 Å². The monoisotopic (exact) mass is 376 g/mol. The van der Waals surface area contributed by atoms with Crippen molar-refractivity contribution in [2.75, 3.05) is 0 Å². The predicted octanol–water partition coefficient (Wildman–Crippen LogP) is 4.26. The summed E-state index contributed by atoms with van der Waals surface area (Å²) in [6.07, 6.45) is 3.21. The van der Waals surface area contributed by atoms with Crippen molar-refractivity contribution in [3.63, 3.8) is 0 Å². The van der Waals surface area contributed by atoms with Crippen LogP contribution in [0.5, 0.6) is 0 Å². The molecule has 0 aliphatic heterocycles. The molecule has 2 N–H and O–H groups in total. The Hall–Kier alpha value is -0.170. The zero-order valence-corrected chi connectivity index (χ0v) is 12.9. The van der Waals surface area contributed by atoms with E-state index in [2.05, 4.69) is 36.8 Å². The molecule has 1 aliphatic rings. The summed E-state index contributed by atoms with van der Waals surface area (Å²) in [6, 6.07) is 2.08. The van der Waals surface area contributed by atoms with Gasteiger partial charge in [-0.05, 0) is 51.1 Å². The quantitative estimate of drug-likeness (QED) is 0.807. The van der Waals surface area contributed by atoms with Gasteiger partial charge in [0.2, 0.25) is 0 Å². The minimum atomic E-state index is 0.145. The van der Waals surface area contributed by atoms with Gasteiger partial charge in [0.1, 0.15) is 0 Å². The fraction of sp³-hybridized carbons (Fsp3) is 0.364. The Balaban J connectivity index is 2.04. The normalized spacial score (nSPS) is 19.4. The number of halogens is 2. The number of thiazole rings is 1. The van der Waals surface area contributed by atoms with Crippen LogP contribution in [-0.2, 0) is 6.42 Å². The highest BCUT2D eigenvalue weighted by atomic mass is 79.9. The van der Waals surface area contributed by atoms with E-state index in [0.29, 0.717) is 4.67 Å². The maximum absolute atomic E-state index is 6.09. The highest BCUT2D eigenvalue weighted by molar-refractivity contribution is 9.13. The number of nitrogens with zero attached hydrogens (tertiary/aromatic N) is 1. The first-order valence-electron chi connectivity index (χ1n) is 5.35. The summed E-state index contributed by atoms with van der Waals surface area (Å²) in [4.78, 5) is 5.85. The minimum Gasteiger partial charge on any atom is -0.446 e. The smallest absolute Gasteiger partial charge is 0.184 e. The largest absolute Gasteiger partial charge is 0.446 e. The van der Waals surface area contributed by atoms with Crippen molar-refractivity contribution in [3.8, 4) is 10.8 Å². The molecule has 3 rings (SSSR count). The number of fused-ring (bicyclic) bond motifs is 1.